The Morgan fingerprint density at radius 3 is 2.19 bits per heavy atom. The van der Waals surface area contributed by atoms with Gasteiger partial charge in [-0.2, -0.15) is 0 Å². The number of hydrogen-bond acceptors (Lipinski definition) is 5. The summed E-state index contributed by atoms with van der Waals surface area (Å²) in [5.41, 5.74) is 0. The van der Waals surface area contributed by atoms with Crippen molar-refractivity contribution in [2.24, 2.45) is 0 Å². The van der Waals surface area contributed by atoms with Crippen LogP contribution in [-0.4, -0.2) is 30.6 Å². The van der Waals surface area contributed by atoms with Gasteiger partial charge in [-0.3, -0.25) is 14.4 Å². The summed E-state index contributed by atoms with van der Waals surface area (Å²) in [7, 11) is 1.39. The lowest BCUT2D eigenvalue weighted by atomic mass is 10.1. The van der Waals surface area contributed by atoms with Crippen molar-refractivity contribution in [2.75, 3.05) is 13.7 Å². The predicted molar refractivity (Wildman–Crippen MR) is 108 cm³/mol. The molecule has 1 N–H and O–H groups in total. The Morgan fingerprint density at radius 1 is 0.885 bits per heavy atom. The third-order valence-corrected chi connectivity index (χ3v) is 4.73. The maximum Gasteiger partial charge on any atom is 0.305 e. The zero-order chi connectivity index (χ0) is 19.5. The number of nitrogens with one attached hydrogen (secondary N) is 1. The molecule has 0 radical (unpaired) electrons. The number of esters is 1. The summed E-state index contributed by atoms with van der Waals surface area (Å²) in [6.45, 7) is 2.89. The molecular weight excluding hydrogens is 350 g/mol. The highest BCUT2D eigenvalue weighted by molar-refractivity contribution is 8.16. The van der Waals surface area contributed by atoms with Crippen LogP contribution in [0.15, 0.2) is 11.5 Å². The molecule has 0 atom stereocenters. The molecule has 0 saturated carbocycles. The Kier molecular flexibility index (Phi) is 17.6. The Labute approximate surface area is 162 Å². The van der Waals surface area contributed by atoms with Gasteiger partial charge in [0.1, 0.15) is 0 Å². The molecule has 0 aromatic carbocycles. The summed E-state index contributed by atoms with van der Waals surface area (Å²) in [5, 5.41) is 4.47. The van der Waals surface area contributed by atoms with Gasteiger partial charge < -0.3 is 10.1 Å². The van der Waals surface area contributed by atoms with Gasteiger partial charge in [0.15, 0.2) is 5.12 Å². The molecule has 0 aromatic heterocycles. The van der Waals surface area contributed by atoms with Crippen molar-refractivity contribution in [2.45, 2.75) is 84.0 Å². The number of thioether (sulfide) groups is 1. The fourth-order valence-electron chi connectivity index (χ4n) is 2.40. The lowest BCUT2D eigenvalue weighted by Gasteiger charge is -2.02. The second kappa shape index (κ2) is 18.5. The Balaban J connectivity index is 3.51. The smallest absolute Gasteiger partial charge is 0.305 e. The SMILES string of the molecule is CCCCCCCCNC(=O)/C=C\SC(=O)CCCCCCC(=O)OC. The molecule has 0 spiro atoms. The van der Waals surface area contributed by atoms with E-state index < -0.39 is 0 Å². The zero-order valence-corrected chi connectivity index (χ0v) is 17.2. The highest BCUT2D eigenvalue weighted by atomic mass is 32.2. The Morgan fingerprint density at radius 2 is 1.50 bits per heavy atom. The van der Waals surface area contributed by atoms with Crippen molar-refractivity contribution in [3.63, 3.8) is 0 Å². The van der Waals surface area contributed by atoms with Crippen LogP contribution in [0.4, 0.5) is 0 Å². The Bertz CT molecular complexity index is 424. The van der Waals surface area contributed by atoms with Crippen molar-refractivity contribution in [1.29, 1.82) is 0 Å². The molecule has 5 nitrogen and oxygen atoms in total. The van der Waals surface area contributed by atoms with Gasteiger partial charge in [-0.15, -0.1) is 0 Å². The number of unbranched alkanes of at least 4 members (excludes halogenated alkanes) is 8. The second-order valence-electron chi connectivity index (χ2n) is 6.34. The molecule has 0 bridgehead atoms. The molecule has 0 aliphatic heterocycles. The normalized spacial score (nSPS) is 10.8. The van der Waals surface area contributed by atoms with Crippen molar-refractivity contribution in [1.82, 2.24) is 5.32 Å². The fourth-order valence-corrected chi connectivity index (χ4v) is 3.01. The third kappa shape index (κ3) is 17.5. The van der Waals surface area contributed by atoms with Crippen LogP contribution < -0.4 is 5.32 Å². The fraction of sp³-hybridized carbons (Fsp3) is 0.750. The maximum absolute atomic E-state index is 11.7. The van der Waals surface area contributed by atoms with Crippen LogP contribution in [0.1, 0.15) is 84.0 Å². The summed E-state index contributed by atoms with van der Waals surface area (Å²) < 4.78 is 4.57. The second-order valence-corrected chi connectivity index (χ2v) is 7.30. The summed E-state index contributed by atoms with van der Waals surface area (Å²) in [6.07, 6.45) is 13.0. The van der Waals surface area contributed by atoms with E-state index >= 15 is 0 Å². The van der Waals surface area contributed by atoms with E-state index in [1.807, 2.05) is 0 Å². The zero-order valence-electron chi connectivity index (χ0n) is 16.4. The maximum atomic E-state index is 11.7. The first-order chi connectivity index (χ1) is 12.6. The third-order valence-electron chi connectivity index (χ3n) is 3.99. The topological polar surface area (TPSA) is 72.5 Å². The molecule has 0 fully saturated rings. The number of amides is 1. The standard InChI is InChI=1S/C20H35NO4S/c1-3-4-5-6-9-12-16-21-18(22)15-17-26-20(24)14-11-8-7-10-13-19(23)25-2/h15,17H,3-14,16H2,1-2H3,(H,21,22)/b17-15-. The van der Waals surface area contributed by atoms with Crippen LogP contribution in [-0.2, 0) is 19.1 Å². The lowest BCUT2D eigenvalue weighted by molar-refractivity contribution is -0.140. The molecule has 6 heteroatoms. The molecule has 1 amide bonds. The van der Waals surface area contributed by atoms with Crippen LogP contribution >= 0.6 is 11.8 Å². The first-order valence-electron chi connectivity index (χ1n) is 9.80. The van der Waals surface area contributed by atoms with E-state index in [1.54, 1.807) is 5.41 Å². The van der Waals surface area contributed by atoms with Crippen LogP contribution in [0.5, 0.6) is 0 Å². The molecule has 150 valence electrons. The first-order valence-corrected chi connectivity index (χ1v) is 10.7. The van der Waals surface area contributed by atoms with Crippen LogP contribution in [0.25, 0.3) is 0 Å². The number of methoxy groups -OCH3 is 1. The number of hydrogen-bond donors (Lipinski definition) is 1. The number of carbonyl (C=O) groups excluding carboxylic acids is 3. The summed E-state index contributed by atoms with van der Waals surface area (Å²) in [6, 6.07) is 0. The molecule has 26 heavy (non-hydrogen) atoms. The van der Waals surface area contributed by atoms with E-state index in [9.17, 15) is 14.4 Å². The van der Waals surface area contributed by atoms with Gasteiger partial charge in [0, 0.05) is 25.5 Å². The molecule has 0 aliphatic rings. The summed E-state index contributed by atoms with van der Waals surface area (Å²) in [5.74, 6) is -0.321. The molecule has 0 unspecified atom stereocenters. The van der Waals surface area contributed by atoms with Crippen LogP contribution in [0.3, 0.4) is 0 Å². The first kappa shape index (κ1) is 24.7. The number of rotatable bonds is 16. The number of carbonyl (C=O) groups is 3. The highest BCUT2D eigenvalue weighted by Crippen LogP contribution is 2.12. The van der Waals surface area contributed by atoms with Crippen LogP contribution in [0.2, 0.25) is 0 Å². The van der Waals surface area contributed by atoms with E-state index in [1.165, 1.54) is 38.9 Å². The van der Waals surface area contributed by atoms with E-state index in [0.717, 1.165) is 50.3 Å². The minimum Gasteiger partial charge on any atom is -0.469 e. The van der Waals surface area contributed by atoms with Gasteiger partial charge >= 0.3 is 5.97 Å². The largest absolute Gasteiger partial charge is 0.469 e. The van der Waals surface area contributed by atoms with Gasteiger partial charge in [-0.1, -0.05) is 63.6 Å². The van der Waals surface area contributed by atoms with Crippen LogP contribution in [0, 0.1) is 0 Å². The van der Waals surface area contributed by atoms with Crippen molar-refractivity contribution >= 4 is 28.8 Å². The van der Waals surface area contributed by atoms with Gasteiger partial charge in [0.2, 0.25) is 5.91 Å². The van der Waals surface area contributed by atoms with Gasteiger partial charge in [-0.05, 0) is 24.7 Å². The summed E-state index contributed by atoms with van der Waals surface area (Å²) >= 11 is 1.08. The quantitative estimate of drug-likeness (QED) is 0.236. The van der Waals surface area contributed by atoms with E-state index in [2.05, 4.69) is 17.0 Å². The molecular formula is C20H35NO4S. The van der Waals surface area contributed by atoms with Crippen molar-refractivity contribution in [3.8, 4) is 0 Å². The van der Waals surface area contributed by atoms with Crippen molar-refractivity contribution in [3.05, 3.63) is 11.5 Å². The average molecular weight is 386 g/mol. The lowest BCUT2D eigenvalue weighted by Crippen LogP contribution is -2.21. The van der Waals surface area contributed by atoms with E-state index in [4.69, 9.17) is 0 Å². The summed E-state index contributed by atoms with van der Waals surface area (Å²) in [4.78, 5) is 34.3. The molecule has 0 aromatic rings. The minimum atomic E-state index is -0.184. The van der Waals surface area contributed by atoms with Gasteiger partial charge in [-0.25, -0.2) is 0 Å². The minimum absolute atomic E-state index is 0.0675. The highest BCUT2D eigenvalue weighted by Gasteiger charge is 2.03. The molecule has 0 aliphatic carbocycles. The molecule has 0 saturated heterocycles. The van der Waals surface area contributed by atoms with Gasteiger partial charge in [0.05, 0.1) is 7.11 Å². The predicted octanol–water partition coefficient (Wildman–Crippen LogP) is 4.75. The average Bonchev–Trinajstić information content (AvgIpc) is 2.63. The monoisotopic (exact) mass is 385 g/mol. The van der Waals surface area contributed by atoms with Gasteiger partial charge in [0.25, 0.3) is 0 Å². The Hall–Kier alpha value is -1.30. The number of ether oxygens (including phenoxy) is 1. The molecule has 0 rings (SSSR count). The molecule has 0 heterocycles. The van der Waals surface area contributed by atoms with E-state index in [0.29, 0.717) is 19.4 Å². The van der Waals surface area contributed by atoms with Crippen molar-refractivity contribution < 1.29 is 19.1 Å². The van der Waals surface area contributed by atoms with E-state index in [-0.39, 0.29) is 17.0 Å².